The van der Waals surface area contributed by atoms with Gasteiger partial charge in [-0.05, 0) is 18.3 Å². The van der Waals surface area contributed by atoms with Crippen LogP contribution in [0.2, 0.25) is 0 Å². The Morgan fingerprint density at radius 2 is 2.20 bits per heavy atom. The zero-order chi connectivity index (χ0) is 11.2. The van der Waals surface area contributed by atoms with E-state index >= 15 is 0 Å². The lowest BCUT2D eigenvalue weighted by Crippen LogP contribution is -2.42. The van der Waals surface area contributed by atoms with E-state index in [0.717, 1.165) is 0 Å². The number of carboxylic acid groups (broad SMARTS) is 1. The Hall–Kier alpha value is -1.10. The average Bonchev–Trinajstić information content (AvgIpc) is 2.44. The molecule has 0 amide bonds. The number of rotatable bonds is 1. The largest absolute Gasteiger partial charge is 0.481 e. The highest BCUT2D eigenvalue weighted by molar-refractivity contribution is 5.79. The van der Waals surface area contributed by atoms with E-state index in [0.29, 0.717) is 6.42 Å². The first kappa shape index (κ1) is 10.4. The van der Waals surface area contributed by atoms with Crippen molar-refractivity contribution >= 4 is 11.9 Å². The molecule has 5 unspecified atom stereocenters. The fourth-order valence-electron chi connectivity index (χ4n) is 2.72. The lowest BCUT2D eigenvalue weighted by atomic mass is 9.80. The van der Waals surface area contributed by atoms with Gasteiger partial charge in [0.1, 0.15) is 6.61 Å². The molecule has 0 bridgehead atoms. The number of carbonyl (C=O) groups is 2. The molecule has 2 fully saturated rings. The van der Waals surface area contributed by atoms with Crippen LogP contribution in [-0.4, -0.2) is 34.9 Å². The molecule has 2 N–H and O–H groups in total. The maximum absolute atomic E-state index is 11.5. The third-order valence-corrected chi connectivity index (χ3v) is 3.66. The molecule has 0 spiro atoms. The van der Waals surface area contributed by atoms with E-state index in [1.165, 1.54) is 0 Å². The van der Waals surface area contributed by atoms with Crippen LogP contribution in [0.4, 0.5) is 0 Å². The van der Waals surface area contributed by atoms with Gasteiger partial charge in [-0.1, -0.05) is 6.92 Å². The lowest BCUT2D eigenvalue weighted by molar-refractivity contribution is -0.168. The van der Waals surface area contributed by atoms with Gasteiger partial charge >= 0.3 is 11.9 Å². The molecule has 5 atom stereocenters. The van der Waals surface area contributed by atoms with Crippen LogP contribution in [0, 0.1) is 23.7 Å². The summed E-state index contributed by atoms with van der Waals surface area (Å²) < 4.78 is 4.85. The smallest absolute Gasteiger partial charge is 0.310 e. The zero-order valence-electron chi connectivity index (χ0n) is 8.42. The summed E-state index contributed by atoms with van der Waals surface area (Å²) >= 11 is 0. The van der Waals surface area contributed by atoms with Gasteiger partial charge < -0.3 is 14.9 Å². The normalized spacial score (nSPS) is 44.7. The molecule has 2 rings (SSSR count). The molecule has 1 saturated carbocycles. The summed E-state index contributed by atoms with van der Waals surface area (Å²) in [5, 5.41) is 18.6. The van der Waals surface area contributed by atoms with E-state index in [2.05, 4.69) is 0 Å². The fourth-order valence-corrected chi connectivity index (χ4v) is 2.72. The van der Waals surface area contributed by atoms with Crippen molar-refractivity contribution in [2.45, 2.75) is 19.4 Å². The Morgan fingerprint density at radius 1 is 1.53 bits per heavy atom. The molecule has 5 heteroatoms. The summed E-state index contributed by atoms with van der Waals surface area (Å²) in [6, 6.07) is 0. The Balaban J connectivity index is 2.25. The van der Waals surface area contributed by atoms with E-state index in [1.54, 1.807) is 6.92 Å². The van der Waals surface area contributed by atoms with Gasteiger partial charge in [-0.3, -0.25) is 9.59 Å². The first-order valence-corrected chi connectivity index (χ1v) is 5.10. The SMILES string of the molecule is CC1C(O)CC2C(C(=O)O)COC(=O)C12. The van der Waals surface area contributed by atoms with Crippen LogP contribution >= 0.6 is 0 Å². The van der Waals surface area contributed by atoms with Crippen molar-refractivity contribution < 1.29 is 24.5 Å². The summed E-state index contributed by atoms with van der Waals surface area (Å²) in [6.07, 6.45) is -0.203. The van der Waals surface area contributed by atoms with E-state index in [1.807, 2.05) is 0 Å². The Bertz CT molecular complexity index is 300. The second-order valence-corrected chi connectivity index (χ2v) is 4.43. The molecule has 1 aliphatic heterocycles. The maximum Gasteiger partial charge on any atom is 0.310 e. The molecule has 84 valence electrons. The monoisotopic (exact) mass is 214 g/mol. The van der Waals surface area contributed by atoms with Gasteiger partial charge in [-0.2, -0.15) is 0 Å². The number of ether oxygens (including phenoxy) is 1. The minimum atomic E-state index is -0.946. The van der Waals surface area contributed by atoms with Gasteiger partial charge in [0.2, 0.25) is 0 Å². The predicted octanol–water partition coefficient (Wildman–Crippen LogP) is -0.123. The van der Waals surface area contributed by atoms with E-state index in [4.69, 9.17) is 9.84 Å². The fraction of sp³-hybridized carbons (Fsp3) is 0.800. The second-order valence-electron chi connectivity index (χ2n) is 4.43. The molecule has 0 aromatic heterocycles. The van der Waals surface area contributed by atoms with Crippen LogP contribution in [0.5, 0.6) is 0 Å². The van der Waals surface area contributed by atoms with Gasteiger partial charge in [-0.25, -0.2) is 0 Å². The number of aliphatic hydroxyl groups is 1. The second kappa shape index (κ2) is 3.48. The van der Waals surface area contributed by atoms with Crippen molar-refractivity contribution in [1.29, 1.82) is 0 Å². The van der Waals surface area contributed by atoms with Crippen molar-refractivity contribution in [2.75, 3.05) is 6.61 Å². The molecule has 5 nitrogen and oxygen atoms in total. The lowest BCUT2D eigenvalue weighted by Gasteiger charge is -2.31. The average molecular weight is 214 g/mol. The van der Waals surface area contributed by atoms with Crippen molar-refractivity contribution in [3.05, 3.63) is 0 Å². The zero-order valence-corrected chi connectivity index (χ0v) is 8.42. The van der Waals surface area contributed by atoms with Crippen LogP contribution < -0.4 is 0 Å². The van der Waals surface area contributed by atoms with Crippen LogP contribution in [0.3, 0.4) is 0 Å². The van der Waals surface area contributed by atoms with Gasteiger partial charge in [0.05, 0.1) is 17.9 Å². The van der Waals surface area contributed by atoms with Gasteiger partial charge in [-0.15, -0.1) is 0 Å². The Kier molecular flexibility index (Phi) is 2.42. The quantitative estimate of drug-likeness (QED) is 0.594. The van der Waals surface area contributed by atoms with Crippen LogP contribution in [0.15, 0.2) is 0 Å². The highest BCUT2D eigenvalue weighted by Gasteiger charge is 2.52. The molecule has 0 aromatic carbocycles. The molecule has 0 aromatic rings. The number of carboxylic acids is 1. The number of fused-ring (bicyclic) bond motifs is 1. The Labute approximate surface area is 87.0 Å². The first-order chi connectivity index (χ1) is 7.02. The minimum Gasteiger partial charge on any atom is -0.481 e. The molecular weight excluding hydrogens is 200 g/mol. The highest BCUT2D eigenvalue weighted by Crippen LogP contribution is 2.44. The summed E-state index contributed by atoms with van der Waals surface area (Å²) in [5.41, 5.74) is 0. The van der Waals surface area contributed by atoms with Crippen molar-refractivity contribution in [3.8, 4) is 0 Å². The molecule has 15 heavy (non-hydrogen) atoms. The maximum atomic E-state index is 11.5. The molecule has 1 heterocycles. The number of esters is 1. The number of aliphatic hydroxyl groups excluding tert-OH is 1. The summed E-state index contributed by atoms with van der Waals surface area (Å²) in [4.78, 5) is 22.4. The number of aliphatic carboxylic acids is 1. The van der Waals surface area contributed by atoms with Gasteiger partial charge in [0.15, 0.2) is 0 Å². The molecule has 2 aliphatic rings. The third kappa shape index (κ3) is 1.51. The van der Waals surface area contributed by atoms with E-state index in [-0.39, 0.29) is 24.4 Å². The van der Waals surface area contributed by atoms with Crippen molar-refractivity contribution in [3.63, 3.8) is 0 Å². The molecular formula is C10H14O5. The topological polar surface area (TPSA) is 83.8 Å². The van der Waals surface area contributed by atoms with E-state index < -0.39 is 23.9 Å². The number of hydrogen-bond acceptors (Lipinski definition) is 4. The van der Waals surface area contributed by atoms with Crippen LogP contribution in [0.25, 0.3) is 0 Å². The van der Waals surface area contributed by atoms with Gasteiger partial charge in [0.25, 0.3) is 0 Å². The highest BCUT2D eigenvalue weighted by atomic mass is 16.5. The molecule has 1 saturated heterocycles. The standard InChI is InChI=1S/C10H14O5/c1-4-7(11)2-5-6(9(12)13)3-15-10(14)8(4)5/h4-8,11H,2-3H2,1H3,(H,12,13). The van der Waals surface area contributed by atoms with Crippen LogP contribution in [-0.2, 0) is 14.3 Å². The van der Waals surface area contributed by atoms with Crippen LogP contribution in [0.1, 0.15) is 13.3 Å². The molecule has 0 radical (unpaired) electrons. The summed E-state index contributed by atoms with van der Waals surface area (Å²) in [5.74, 6) is -2.89. The number of cyclic esters (lactones) is 1. The minimum absolute atomic E-state index is 0.0607. The predicted molar refractivity (Wildman–Crippen MR) is 48.9 cm³/mol. The summed E-state index contributed by atoms with van der Waals surface area (Å²) in [7, 11) is 0. The van der Waals surface area contributed by atoms with Crippen molar-refractivity contribution in [2.24, 2.45) is 23.7 Å². The summed E-state index contributed by atoms with van der Waals surface area (Å²) in [6.45, 7) is 1.70. The number of hydrogen-bond donors (Lipinski definition) is 2. The van der Waals surface area contributed by atoms with Crippen molar-refractivity contribution in [1.82, 2.24) is 0 Å². The van der Waals surface area contributed by atoms with E-state index in [9.17, 15) is 14.7 Å². The van der Waals surface area contributed by atoms with Gasteiger partial charge in [0, 0.05) is 0 Å². The third-order valence-electron chi connectivity index (χ3n) is 3.66. The number of carbonyl (C=O) groups excluding carboxylic acids is 1. The molecule has 1 aliphatic carbocycles. The Morgan fingerprint density at radius 3 is 2.80 bits per heavy atom. The first-order valence-electron chi connectivity index (χ1n) is 5.10.